The molecule has 0 saturated heterocycles. The molecule has 1 aromatic carbocycles. The molecule has 0 aliphatic heterocycles. The Morgan fingerprint density at radius 1 is 1.24 bits per heavy atom. The molecule has 2 heterocycles. The van der Waals surface area contributed by atoms with E-state index in [-0.39, 0.29) is 11.5 Å². The van der Waals surface area contributed by atoms with Gasteiger partial charge in [-0.25, -0.2) is 0 Å². The molecule has 0 saturated carbocycles. The van der Waals surface area contributed by atoms with Crippen molar-refractivity contribution < 1.29 is 0 Å². The van der Waals surface area contributed by atoms with Gasteiger partial charge in [0.1, 0.15) is 5.82 Å². The van der Waals surface area contributed by atoms with Crippen LogP contribution in [0.5, 0.6) is 0 Å². The molecule has 0 unspecified atom stereocenters. The average Bonchev–Trinajstić information content (AvgIpc) is 2.80. The summed E-state index contributed by atoms with van der Waals surface area (Å²) in [6.07, 6.45) is 3.63. The molecule has 7 heteroatoms. The van der Waals surface area contributed by atoms with Crippen LogP contribution in [0.1, 0.15) is 5.56 Å². The molecule has 21 heavy (non-hydrogen) atoms. The summed E-state index contributed by atoms with van der Waals surface area (Å²) in [5.74, 6) is 0.475. The van der Waals surface area contributed by atoms with E-state index in [1.807, 2.05) is 41.1 Å². The minimum atomic E-state index is -0.310. The molecule has 0 spiro atoms. The van der Waals surface area contributed by atoms with Crippen LogP contribution in [0.15, 0.2) is 53.6 Å². The minimum Gasteiger partial charge on any atom is -0.369 e. The van der Waals surface area contributed by atoms with Crippen molar-refractivity contribution in [1.29, 1.82) is 0 Å². The van der Waals surface area contributed by atoms with Gasteiger partial charge < -0.3 is 10.3 Å². The van der Waals surface area contributed by atoms with Gasteiger partial charge in [0.2, 0.25) is 5.95 Å². The Kier molecular flexibility index (Phi) is 3.41. The van der Waals surface area contributed by atoms with Crippen molar-refractivity contribution in [2.45, 2.75) is 6.54 Å². The normalized spacial score (nSPS) is 10.7. The fraction of sp³-hybridized carbons (Fsp3) is 0.0714. The molecule has 106 valence electrons. The number of rotatable bonds is 3. The van der Waals surface area contributed by atoms with E-state index in [2.05, 4.69) is 9.97 Å². The lowest BCUT2D eigenvalue weighted by Crippen LogP contribution is -2.13. The maximum absolute atomic E-state index is 11.5. The number of benzene rings is 1. The quantitative estimate of drug-likeness (QED) is 0.722. The van der Waals surface area contributed by atoms with Crippen LogP contribution in [-0.2, 0) is 6.54 Å². The van der Waals surface area contributed by atoms with Crippen LogP contribution < -0.4 is 11.3 Å². The Hall–Kier alpha value is -2.67. The molecule has 3 rings (SSSR count). The summed E-state index contributed by atoms with van der Waals surface area (Å²) in [4.78, 5) is 18.0. The number of aromatic amines is 1. The Labute approximate surface area is 125 Å². The summed E-state index contributed by atoms with van der Waals surface area (Å²) in [5.41, 5.74) is 6.39. The number of hydrogen-bond donors (Lipinski definition) is 2. The first-order valence-corrected chi connectivity index (χ1v) is 6.73. The third kappa shape index (κ3) is 2.77. The van der Waals surface area contributed by atoms with Gasteiger partial charge in [0.25, 0.3) is 5.56 Å². The SMILES string of the molecule is Nc1nc(-n2ccn(Cc3ccccc3)c2=S)cc(=O)[nH]1. The highest BCUT2D eigenvalue weighted by molar-refractivity contribution is 7.71. The molecule has 0 fully saturated rings. The smallest absolute Gasteiger partial charge is 0.254 e. The first kappa shape index (κ1) is 13.3. The monoisotopic (exact) mass is 299 g/mol. The van der Waals surface area contributed by atoms with Crippen LogP contribution in [0, 0.1) is 4.77 Å². The Bertz CT molecular complexity index is 878. The van der Waals surface area contributed by atoms with Gasteiger partial charge in [-0.05, 0) is 17.8 Å². The number of anilines is 1. The summed E-state index contributed by atoms with van der Waals surface area (Å²) >= 11 is 5.43. The van der Waals surface area contributed by atoms with Crippen LogP contribution in [0.4, 0.5) is 5.95 Å². The number of H-pyrrole nitrogens is 1. The number of hydrogen-bond acceptors (Lipinski definition) is 4. The molecular weight excluding hydrogens is 286 g/mol. The van der Waals surface area contributed by atoms with Crippen LogP contribution in [-0.4, -0.2) is 19.1 Å². The molecule has 0 radical (unpaired) electrons. The highest BCUT2D eigenvalue weighted by Gasteiger charge is 2.06. The molecule has 3 N–H and O–H groups in total. The zero-order valence-electron chi connectivity index (χ0n) is 11.1. The van der Waals surface area contributed by atoms with Gasteiger partial charge in [-0.3, -0.25) is 14.3 Å². The molecular formula is C14H13N5OS. The Balaban J connectivity index is 1.99. The van der Waals surface area contributed by atoms with E-state index >= 15 is 0 Å². The molecule has 0 bridgehead atoms. The molecule has 0 aliphatic rings. The van der Waals surface area contributed by atoms with Gasteiger partial charge in [-0.15, -0.1) is 0 Å². The largest absolute Gasteiger partial charge is 0.369 e. The molecule has 0 amide bonds. The number of nitrogens with zero attached hydrogens (tertiary/aromatic N) is 3. The second-order valence-corrected chi connectivity index (χ2v) is 4.92. The van der Waals surface area contributed by atoms with Crippen LogP contribution in [0.3, 0.4) is 0 Å². The predicted octanol–water partition coefficient (Wildman–Crippen LogP) is 1.72. The van der Waals surface area contributed by atoms with E-state index in [9.17, 15) is 4.79 Å². The highest BCUT2D eigenvalue weighted by Crippen LogP contribution is 2.09. The van der Waals surface area contributed by atoms with E-state index in [1.165, 1.54) is 6.07 Å². The van der Waals surface area contributed by atoms with Gasteiger partial charge in [0, 0.05) is 25.0 Å². The van der Waals surface area contributed by atoms with Gasteiger partial charge >= 0.3 is 0 Å². The first-order chi connectivity index (χ1) is 10.1. The Morgan fingerprint density at radius 3 is 2.71 bits per heavy atom. The van der Waals surface area contributed by atoms with E-state index in [0.29, 0.717) is 17.1 Å². The summed E-state index contributed by atoms with van der Waals surface area (Å²) < 4.78 is 4.12. The highest BCUT2D eigenvalue weighted by atomic mass is 32.1. The standard InChI is InChI=1S/C14H13N5OS/c15-13-16-11(8-12(20)17-13)19-7-6-18(14(19)21)9-10-4-2-1-3-5-10/h1-8H,9H2,(H3,15,16,17,20). The van der Waals surface area contributed by atoms with E-state index < -0.39 is 0 Å². The number of nitrogens with two attached hydrogens (primary N) is 1. The van der Waals surface area contributed by atoms with Crippen molar-refractivity contribution in [2.24, 2.45) is 0 Å². The maximum Gasteiger partial charge on any atom is 0.254 e. The van der Waals surface area contributed by atoms with Gasteiger partial charge in [0.15, 0.2) is 4.77 Å². The van der Waals surface area contributed by atoms with Crippen molar-refractivity contribution >= 4 is 18.2 Å². The maximum atomic E-state index is 11.5. The second-order valence-electron chi connectivity index (χ2n) is 4.55. The van der Waals surface area contributed by atoms with E-state index in [0.717, 1.165) is 5.56 Å². The van der Waals surface area contributed by atoms with Crippen LogP contribution >= 0.6 is 12.2 Å². The van der Waals surface area contributed by atoms with Crippen molar-refractivity contribution in [2.75, 3.05) is 5.73 Å². The van der Waals surface area contributed by atoms with Crippen LogP contribution in [0.25, 0.3) is 5.82 Å². The van der Waals surface area contributed by atoms with Crippen molar-refractivity contribution in [3.8, 4) is 5.82 Å². The number of imidazole rings is 1. The van der Waals surface area contributed by atoms with Crippen LogP contribution in [0.2, 0.25) is 0 Å². The third-order valence-electron chi connectivity index (χ3n) is 3.04. The lowest BCUT2D eigenvalue weighted by molar-refractivity contribution is 0.764. The zero-order chi connectivity index (χ0) is 14.8. The van der Waals surface area contributed by atoms with Gasteiger partial charge in [-0.2, -0.15) is 4.98 Å². The number of nitrogen functional groups attached to an aromatic ring is 1. The minimum absolute atomic E-state index is 0.0650. The molecule has 3 aromatic rings. The third-order valence-corrected chi connectivity index (χ3v) is 3.47. The van der Waals surface area contributed by atoms with E-state index in [1.54, 1.807) is 10.8 Å². The fourth-order valence-electron chi connectivity index (χ4n) is 2.07. The van der Waals surface area contributed by atoms with E-state index in [4.69, 9.17) is 18.0 Å². The van der Waals surface area contributed by atoms with Gasteiger partial charge in [-0.1, -0.05) is 30.3 Å². The van der Waals surface area contributed by atoms with Crippen molar-refractivity contribution in [3.63, 3.8) is 0 Å². The summed E-state index contributed by atoms with van der Waals surface area (Å²) in [6.45, 7) is 0.658. The lowest BCUT2D eigenvalue weighted by atomic mass is 10.2. The zero-order valence-corrected chi connectivity index (χ0v) is 11.9. The molecule has 0 aliphatic carbocycles. The Morgan fingerprint density at radius 2 is 2.00 bits per heavy atom. The average molecular weight is 299 g/mol. The lowest BCUT2D eigenvalue weighted by Gasteiger charge is -2.04. The van der Waals surface area contributed by atoms with Gasteiger partial charge in [0.05, 0.1) is 0 Å². The molecule has 0 atom stereocenters. The number of nitrogens with one attached hydrogen (secondary N) is 1. The molecule has 2 aromatic heterocycles. The second kappa shape index (κ2) is 5.37. The summed E-state index contributed by atoms with van der Waals surface area (Å²) in [6, 6.07) is 11.4. The van der Waals surface area contributed by atoms with Crippen molar-refractivity contribution in [3.05, 3.63) is 69.5 Å². The topological polar surface area (TPSA) is 81.6 Å². The number of aromatic nitrogens is 4. The first-order valence-electron chi connectivity index (χ1n) is 6.32. The molecule has 6 nitrogen and oxygen atoms in total. The van der Waals surface area contributed by atoms with Crippen molar-refractivity contribution in [1.82, 2.24) is 19.1 Å². The summed E-state index contributed by atoms with van der Waals surface area (Å²) in [5, 5.41) is 0. The summed E-state index contributed by atoms with van der Waals surface area (Å²) in [7, 11) is 0. The predicted molar refractivity (Wildman–Crippen MR) is 83.0 cm³/mol. The fourth-order valence-corrected chi connectivity index (χ4v) is 2.35.